The van der Waals surface area contributed by atoms with E-state index in [1.54, 1.807) is 31.1 Å². The van der Waals surface area contributed by atoms with Crippen LogP contribution >= 0.6 is 11.6 Å². The van der Waals surface area contributed by atoms with Crippen LogP contribution in [0.15, 0.2) is 18.2 Å². The van der Waals surface area contributed by atoms with Gasteiger partial charge in [-0.05, 0) is 31.0 Å². The Hall–Kier alpha value is -1.26. The van der Waals surface area contributed by atoms with Gasteiger partial charge in [-0.1, -0.05) is 11.6 Å². The first kappa shape index (κ1) is 14.2. The van der Waals surface area contributed by atoms with Crippen molar-refractivity contribution in [2.45, 2.75) is 18.9 Å². The summed E-state index contributed by atoms with van der Waals surface area (Å²) in [4.78, 5) is 13.7. The van der Waals surface area contributed by atoms with Gasteiger partial charge in [-0.15, -0.1) is 0 Å². The van der Waals surface area contributed by atoms with Gasteiger partial charge in [-0.3, -0.25) is 4.79 Å². The quantitative estimate of drug-likeness (QED) is 0.927. The summed E-state index contributed by atoms with van der Waals surface area (Å²) >= 11 is 6.03. The van der Waals surface area contributed by atoms with Gasteiger partial charge >= 0.3 is 0 Å². The fourth-order valence-electron chi connectivity index (χ4n) is 2.13. The topological polar surface area (TPSA) is 41.6 Å². The molecular weight excluding hydrogens is 264 g/mol. The van der Waals surface area contributed by atoms with Gasteiger partial charge in [-0.25, -0.2) is 0 Å². The Morgan fingerprint density at radius 2 is 2.05 bits per heavy atom. The molecule has 1 aromatic rings. The van der Waals surface area contributed by atoms with Crippen molar-refractivity contribution < 1.29 is 9.53 Å². The van der Waals surface area contributed by atoms with Crippen LogP contribution in [0, 0.1) is 0 Å². The molecule has 1 fully saturated rings. The van der Waals surface area contributed by atoms with E-state index in [1.165, 1.54) is 0 Å². The van der Waals surface area contributed by atoms with E-state index < -0.39 is 0 Å². The molecule has 104 valence electrons. The van der Waals surface area contributed by atoms with Crippen molar-refractivity contribution in [2.24, 2.45) is 0 Å². The Morgan fingerprint density at radius 1 is 1.37 bits per heavy atom. The van der Waals surface area contributed by atoms with Gasteiger partial charge in [0.1, 0.15) is 0 Å². The average Bonchev–Trinajstić information content (AvgIpc) is 2.39. The zero-order chi connectivity index (χ0) is 13.8. The summed E-state index contributed by atoms with van der Waals surface area (Å²) in [6.07, 6.45) is 1.89. The first-order valence-electron chi connectivity index (χ1n) is 6.43. The Labute approximate surface area is 118 Å². The SMILES string of the molecule is CN(C)C(=O)c1ccc(Cl)cc1NC1CCOCC1. The predicted octanol–water partition coefficient (Wildman–Crippen LogP) is 2.63. The Bertz CT molecular complexity index is 457. The number of nitrogens with zero attached hydrogens (tertiary/aromatic N) is 1. The zero-order valence-electron chi connectivity index (χ0n) is 11.3. The molecule has 1 heterocycles. The number of ether oxygens (including phenoxy) is 1. The fraction of sp³-hybridized carbons (Fsp3) is 0.500. The normalized spacial score (nSPS) is 16.2. The number of benzene rings is 1. The van der Waals surface area contributed by atoms with Crippen molar-refractivity contribution in [1.82, 2.24) is 4.90 Å². The molecule has 0 atom stereocenters. The number of carbonyl (C=O) groups is 1. The first-order valence-corrected chi connectivity index (χ1v) is 6.81. The lowest BCUT2D eigenvalue weighted by Gasteiger charge is -2.25. The standard InChI is InChI=1S/C14H19ClN2O2/c1-17(2)14(18)12-4-3-10(15)9-13(12)16-11-5-7-19-8-6-11/h3-4,9,11,16H,5-8H2,1-2H3. The van der Waals surface area contributed by atoms with Gasteiger partial charge in [0.25, 0.3) is 5.91 Å². The van der Waals surface area contributed by atoms with Crippen LogP contribution in [0.2, 0.25) is 5.02 Å². The van der Waals surface area contributed by atoms with Crippen molar-refractivity contribution in [1.29, 1.82) is 0 Å². The number of rotatable bonds is 3. The summed E-state index contributed by atoms with van der Waals surface area (Å²) in [7, 11) is 3.49. The van der Waals surface area contributed by atoms with E-state index in [0.29, 0.717) is 16.6 Å². The highest BCUT2D eigenvalue weighted by Gasteiger charge is 2.18. The van der Waals surface area contributed by atoms with Crippen LogP contribution in [0.4, 0.5) is 5.69 Å². The maximum absolute atomic E-state index is 12.1. The van der Waals surface area contributed by atoms with Gasteiger partial charge in [-0.2, -0.15) is 0 Å². The van der Waals surface area contributed by atoms with E-state index >= 15 is 0 Å². The molecule has 1 aliphatic heterocycles. The van der Waals surface area contributed by atoms with Gasteiger partial charge in [0.05, 0.1) is 5.56 Å². The lowest BCUT2D eigenvalue weighted by Crippen LogP contribution is -2.30. The molecule has 0 aliphatic carbocycles. The summed E-state index contributed by atoms with van der Waals surface area (Å²) in [5.74, 6) is -0.0220. The molecule has 5 heteroatoms. The maximum Gasteiger partial charge on any atom is 0.255 e. The second-order valence-electron chi connectivity index (χ2n) is 4.92. The van der Waals surface area contributed by atoms with Crippen molar-refractivity contribution in [2.75, 3.05) is 32.6 Å². The predicted molar refractivity (Wildman–Crippen MR) is 76.9 cm³/mol. The third-order valence-electron chi connectivity index (χ3n) is 3.20. The summed E-state index contributed by atoms with van der Waals surface area (Å²) in [6, 6.07) is 5.66. The number of hydrogen-bond acceptors (Lipinski definition) is 3. The number of nitrogens with one attached hydrogen (secondary N) is 1. The van der Waals surface area contributed by atoms with E-state index in [0.717, 1.165) is 31.7 Å². The minimum absolute atomic E-state index is 0.0220. The minimum Gasteiger partial charge on any atom is -0.381 e. The molecule has 0 bridgehead atoms. The number of anilines is 1. The van der Waals surface area contributed by atoms with Gasteiger partial charge in [0.2, 0.25) is 0 Å². The van der Waals surface area contributed by atoms with E-state index in [9.17, 15) is 4.79 Å². The third-order valence-corrected chi connectivity index (χ3v) is 3.43. The van der Waals surface area contributed by atoms with Gasteiger partial charge in [0, 0.05) is 44.1 Å². The van der Waals surface area contributed by atoms with Crippen LogP contribution in [0.3, 0.4) is 0 Å². The molecule has 0 aromatic heterocycles. The number of hydrogen-bond donors (Lipinski definition) is 1. The largest absolute Gasteiger partial charge is 0.381 e. The maximum atomic E-state index is 12.1. The molecule has 0 radical (unpaired) electrons. The summed E-state index contributed by atoms with van der Waals surface area (Å²) in [6.45, 7) is 1.52. The number of halogens is 1. The van der Waals surface area contributed by atoms with Crippen molar-refractivity contribution in [3.8, 4) is 0 Å². The molecule has 1 amide bonds. The first-order chi connectivity index (χ1) is 9.08. The van der Waals surface area contributed by atoms with Gasteiger partial charge in [0.15, 0.2) is 0 Å². The summed E-state index contributed by atoms with van der Waals surface area (Å²) < 4.78 is 5.34. The molecule has 0 spiro atoms. The van der Waals surface area contributed by atoms with Crippen LogP contribution in [0.5, 0.6) is 0 Å². The molecule has 0 saturated carbocycles. The van der Waals surface area contributed by atoms with E-state index in [-0.39, 0.29) is 5.91 Å². The summed E-state index contributed by atoms with van der Waals surface area (Å²) in [5.41, 5.74) is 1.46. The molecule has 2 rings (SSSR count). The van der Waals surface area contributed by atoms with E-state index in [4.69, 9.17) is 16.3 Å². The van der Waals surface area contributed by atoms with Crippen LogP contribution in [0.25, 0.3) is 0 Å². The third kappa shape index (κ3) is 3.61. The van der Waals surface area contributed by atoms with Crippen molar-refractivity contribution in [3.05, 3.63) is 28.8 Å². The second kappa shape index (κ2) is 6.26. The highest BCUT2D eigenvalue weighted by atomic mass is 35.5. The number of amides is 1. The molecule has 19 heavy (non-hydrogen) atoms. The Balaban J connectivity index is 2.21. The average molecular weight is 283 g/mol. The number of carbonyl (C=O) groups excluding carboxylic acids is 1. The van der Waals surface area contributed by atoms with Crippen molar-refractivity contribution in [3.63, 3.8) is 0 Å². The minimum atomic E-state index is -0.0220. The van der Waals surface area contributed by atoms with E-state index in [2.05, 4.69) is 5.32 Å². The van der Waals surface area contributed by atoms with Crippen LogP contribution in [-0.4, -0.2) is 44.2 Å². The highest BCUT2D eigenvalue weighted by Crippen LogP contribution is 2.24. The van der Waals surface area contributed by atoms with Crippen LogP contribution in [0.1, 0.15) is 23.2 Å². The molecule has 1 saturated heterocycles. The zero-order valence-corrected chi connectivity index (χ0v) is 12.0. The molecule has 1 aromatic carbocycles. The van der Waals surface area contributed by atoms with E-state index in [1.807, 2.05) is 6.07 Å². The summed E-state index contributed by atoms with van der Waals surface area (Å²) in [5, 5.41) is 4.04. The van der Waals surface area contributed by atoms with Gasteiger partial charge < -0.3 is 15.0 Å². The fourth-order valence-corrected chi connectivity index (χ4v) is 2.30. The Kier molecular flexibility index (Phi) is 4.66. The monoisotopic (exact) mass is 282 g/mol. The molecule has 1 aliphatic rings. The van der Waals surface area contributed by atoms with Crippen LogP contribution < -0.4 is 5.32 Å². The second-order valence-corrected chi connectivity index (χ2v) is 5.36. The smallest absolute Gasteiger partial charge is 0.255 e. The van der Waals surface area contributed by atoms with Crippen LogP contribution in [-0.2, 0) is 4.74 Å². The molecular formula is C14H19ClN2O2. The molecule has 1 N–H and O–H groups in total. The lowest BCUT2D eigenvalue weighted by atomic mass is 10.1. The highest BCUT2D eigenvalue weighted by molar-refractivity contribution is 6.31. The lowest BCUT2D eigenvalue weighted by molar-refractivity contribution is 0.0827. The van der Waals surface area contributed by atoms with Crippen molar-refractivity contribution >= 4 is 23.2 Å². The molecule has 0 unspecified atom stereocenters. The Morgan fingerprint density at radius 3 is 2.68 bits per heavy atom. The molecule has 4 nitrogen and oxygen atoms in total.